The first-order valence-corrected chi connectivity index (χ1v) is 5.88. The fourth-order valence-corrected chi connectivity index (χ4v) is 1.73. The Morgan fingerprint density at radius 3 is 2.61 bits per heavy atom. The van der Waals surface area contributed by atoms with Gasteiger partial charge < -0.3 is 5.32 Å². The lowest BCUT2D eigenvalue weighted by Gasteiger charge is -2.05. The van der Waals surface area contributed by atoms with E-state index in [9.17, 15) is 4.79 Å². The molecule has 0 spiro atoms. The maximum Gasteiger partial charge on any atom is 0.226 e. The number of rotatable bonds is 4. The van der Waals surface area contributed by atoms with Crippen molar-refractivity contribution in [3.8, 4) is 0 Å². The predicted molar refractivity (Wildman–Crippen MR) is 69.2 cm³/mol. The van der Waals surface area contributed by atoms with Gasteiger partial charge in [-0.25, -0.2) is 9.67 Å². The molecule has 0 bridgehead atoms. The van der Waals surface area contributed by atoms with Gasteiger partial charge in [0.1, 0.15) is 11.6 Å². The standard InChI is InChI=1S/C13H16N4O/c1-10-14-11(2)17(16-10)9-8-13(18)15-12-6-4-3-5-7-12/h3-7H,8-9H2,1-2H3,(H,15,18). The molecule has 0 saturated carbocycles. The summed E-state index contributed by atoms with van der Waals surface area (Å²) >= 11 is 0. The Bertz CT molecular complexity index is 533. The first-order valence-electron chi connectivity index (χ1n) is 5.88. The maximum absolute atomic E-state index is 11.7. The molecule has 1 aromatic carbocycles. The van der Waals surface area contributed by atoms with E-state index < -0.39 is 0 Å². The fourth-order valence-electron chi connectivity index (χ4n) is 1.73. The molecule has 1 amide bonds. The van der Waals surface area contributed by atoms with Gasteiger partial charge in [0.25, 0.3) is 0 Å². The van der Waals surface area contributed by atoms with E-state index in [0.717, 1.165) is 17.3 Å². The van der Waals surface area contributed by atoms with E-state index in [0.29, 0.717) is 13.0 Å². The quantitative estimate of drug-likeness (QED) is 0.893. The van der Waals surface area contributed by atoms with Crippen molar-refractivity contribution in [3.63, 3.8) is 0 Å². The van der Waals surface area contributed by atoms with Gasteiger partial charge in [-0.2, -0.15) is 5.10 Å². The number of aromatic nitrogens is 3. The van der Waals surface area contributed by atoms with Crippen LogP contribution in [0.4, 0.5) is 5.69 Å². The molecule has 0 atom stereocenters. The summed E-state index contributed by atoms with van der Waals surface area (Å²) < 4.78 is 1.75. The van der Waals surface area contributed by atoms with Crippen molar-refractivity contribution in [3.05, 3.63) is 42.0 Å². The summed E-state index contributed by atoms with van der Waals surface area (Å²) in [6.45, 7) is 4.27. The highest BCUT2D eigenvalue weighted by Crippen LogP contribution is 2.06. The van der Waals surface area contributed by atoms with E-state index >= 15 is 0 Å². The van der Waals surface area contributed by atoms with Crippen molar-refractivity contribution in [2.24, 2.45) is 0 Å². The highest BCUT2D eigenvalue weighted by atomic mass is 16.1. The van der Waals surface area contributed by atoms with Crippen molar-refractivity contribution < 1.29 is 4.79 Å². The monoisotopic (exact) mass is 244 g/mol. The van der Waals surface area contributed by atoms with Crippen molar-refractivity contribution in [2.75, 3.05) is 5.32 Å². The second-order valence-electron chi connectivity index (χ2n) is 4.09. The molecule has 18 heavy (non-hydrogen) atoms. The van der Waals surface area contributed by atoms with Gasteiger partial charge in [-0.15, -0.1) is 0 Å². The van der Waals surface area contributed by atoms with E-state index in [1.165, 1.54) is 0 Å². The normalized spacial score (nSPS) is 10.3. The van der Waals surface area contributed by atoms with Crippen LogP contribution in [0.3, 0.4) is 0 Å². The van der Waals surface area contributed by atoms with Gasteiger partial charge in [0.2, 0.25) is 5.91 Å². The average molecular weight is 244 g/mol. The number of hydrogen-bond donors (Lipinski definition) is 1. The molecule has 0 fully saturated rings. The number of nitrogens with one attached hydrogen (secondary N) is 1. The molecule has 1 N–H and O–H groups in total. The zero-order valence-corrected chi connectivity index (χ0v) is 10.6. The Balaban J connectivity index is 1.87. The van der Waals surface area contributed by atoms with Crippen LogP contribution in [0.5, 0.6) is 0 Å². The van der Waals surface area contributed by atoms with Crippen LogP contribution < -0.4 is 5.32 Å². The molecule has 0 saturated heterocycles. The minimum Gasteiger partial charge on any atom is -0.326 e. The molecule has 2 aromatic rings. The number of para-hydroxylation sites is 1. The topological polar surface area (TPSA) is 59.8 Å². The lowest BCUT2D eigenvalue weighted by molar-refractivity contribution is -0.116. The van der Waals surface area contributed by atoms with E-state index in [1.54, 1.807) is 4.68 Å². The minimum absolute atomic E-state index is 0.0197. The smallest absolute Gasteiger partial charge is 0.226 e. The zero-order chi connectivity index (χ0) is 13.0. The van der Waals surface area contributed by atoms with E-state index in [1.807, 2.05) is 44.2 Å². The first kappa shape index (κ1) is 12.3. The zero-order valence-electron chi connectivity index (χ0n) is 10.6. The van der Waals surface area contributed by atoms with Crippen LogP contribution in [0.2, 0.25) is 0 Å². The minimum atomic E-state index is -0.0197. The summed E-state index contributed by atoms with van der Waals surface area (Å²) in [7, 11) is 0. The average Bonchev–Trinajstić information content (AvgIpc) is 2.66. The summed E-state index contributed by atoms with van der Waals surface area (Å²) in [5, 5.41) is 7.05. The molecule has 0 radical (unpaired) electrons. The van der Waals surface area contributed by atoms with Crippen LogP contribution in [0.25, 0.3) is 0 Å². The van der Waals surface area contributed by atoms with Crippen LogP contribution in [-0.2, 0) is 11.3 Å². The molecule has 0 aliphatic heterocycles. The molecule has 0 aliphatic rings. The third-order valence-corrected chi connectivity index (χ3v) is 2.57. The van der Waals surface area contributed by atoms with Crippen LogP contribution in [-0.4, -0.2) is 20.7 Å². The molecule has 0 unspecified atom stereocenters. The van der Waals surface area contributed by atoms with Gasteiger partial charge in [0.15, 0.2) is 0 Å². The molecule has 2 rings (SSSR count). The second kappa shape index (κ2) is 5.44. The number of hydrogen-bond acceptors (Lipinski definition) is 3. The van der Waals surface area contributed by atoms with Crippen LogP contribution in [0, 0.1) is 13.8 Å². The number of nitrogens with zero attached hydrogens (tertiary/aromatic N) is 3. The summed E-state index contributed by atoms with van der Waals surface area (Å²) in [6.07, 6.45) is 0.387. The molecular weight excluding hydrogens is 228 g/mol. The van der Waals surface area contributed by atoms with Crippen LogP contribution in [0.1, 0.15) is 18.1 Å². The molecule has 1 heterocycles. The lowest BCUT2D eigenvalue weighted by Crippen LogP contribution is -2.15. The second-order valence-corrected chi connectivity index (χ2v) is 4.09. The highest BCUT2D eigenvalue weighted by molar-refractivity contribution is 5.90. The Hall–Kier alpha value is -2.17. The number of aryl methyl sites for hydroxylation is 3. The summed E-state index contributed by atoms with van der Waals surface area (Å²) in [5.74, 6) is 1.55. The fraction of sp³-hybridized carbons (Fsp3) is 0.308. The van der Waals surface area contributed by atoms with Crippen LogP contribution in [0.15, 0.2) is 30.3 Å². The lowest BCUT2D eigenvalue weighted by atomic mass is 10.3. The van der Waals surface area contributed by atoms with Crippen molar-refractivity contribution in [1.82, 2.24) is 14.8 Å². The predicted octanol–water partition coefficient (Wildman–Crippen LogP) is 1.92. The Morgan fingerprint density at radius 1 is 1.28 bits per heavy atom. The maximum atomic E-state index is 11.7. The van der Waals surface area contributed by atoms with Crippen molar-refractivity contribution >= 4 is 11.6 Å². The molecule has 94 valence electrons. The van der Waals surface area contributed by atoms with Crippen LogP contribution >= 0.6 is 0 Å². The number of carbonyl (C=O) groups excluding carboxylic acids is 1. The number of anilines is 1. The first-order chi connectivity index (χ1) is 8.65. The number of benzene rings is 1. The summed E-state index contributed by atoms with van der Waals surface area (Å²) in [6, 6.07) is 9.42. The number of carbonyl (C=O) groups is 1. The molecular formula is C13H16N4O. The molecule has 1 aromatic heterocycles. The number of amides is 1. The van der Waals surface area contributed by atoms with Gasteiger partial charge in [0.05, 0.1) is 6.54 Å². The molecule has 5 nitrogen and oxygen atoms in total. The summed E-state index contributed by atoms with van der Waals surface area (Å²) in [5.41, 5.74) is 0.814. The highest BCUT2D eigenvalue weighted by Gasteiger charge is 2.06. The van der Waals surface area contributed by atoms with Gasteiger partial charge in [-0.1, -0.05) is 18.2 Å². The van der Waals surface area contributed by atoms with Crippen molar-refractivity contribution in [2.45, 2.75) is 26.8 Å². The third-order valence-electron chi connectivity index (χ3n) is 2.57. The molecule has 0 aliphatic carbocycles. The van der Waals surface area contributed by atoms with E-state index in [-0.39, 0.29) is 5.91 Å². The Labute approximate surface area is 106 Å². The van der Waals surface area contributed by atoms with Gasteiger partial charge in [-0.3, -0.25) is 4.79 Å². The SMILES string of the molecule is Cc1nc(C)n(CCC(=O)Nc2ccccc2)n1. The largest absolute Gasteiger partial charge is 0.326 e. The third kappa shape index (κ3) is 3.16. The Morgan fingerprint density at radius 2 is 2.00 bits per heavy atom. The van der Waals surface area contributed by atoms with Gasteiger partial charge in [-0.05, 0) is 26.0 Å². The van der Waals surface area contributed by atoms with Gasteiger partial charge in [0, 0.05) is 12.1 Å². The van der Waals surface area contributed by atoms with Crippen molar-refractivity contribution in [1.29, 1.82) is 0 Å². The van der Waals surface area contributed by atoms with Gasteiger partial charge >= 0.3 is 0 Å². The van der Waals surface area contributed by atoms with E-state index in [2.05, 4.69) is 15.4 Å². The Kier molecular flexibility index (Phi) is 3.72. The van der Waals surface area contributed by atoms with E-state index in [4.69, 9.17) is 0 Å². The molecule has 5 heteroatoms. The summed E-state index contributed by atoms with van der Waals surface area (Å²) in [4.78, 5) is 15.9.